The normalized spacial score (nSPS) is 14.4. The van der Waals surface area contributed by atoms with Crippen molar-refractivity contribution in [2.45, 2.75) is 34.1 Å². The SMILES string of the molecule is C/C=C\C(C)/C=C(/C)c1ccccc1CC. The molecule has 0 saturated carbocycles. The van der Waals surface area contributed by atoms with Gasteiger partial charge in [-0.2, -0.15) is 0 Å². The van der Waals surface area contributed by atoms with E-state index in [1.165, 1.54) is 16.7 Å². The van der Waals surface area contributed by atoms with Crippen LogP contribution in [0.3, 0.4) is 0 Å². The smallest absolute Gasteiger partial charge is 0.00761 e. The highest BCUT2D eigenvalue weighted by Gasteiger charge is 2.02. The van der Waals surface area contributed by atoms with E-state index in [2.05, 4.69) is 70.2 Å². The van der Waals surface area contributed by atoms with Crippen molar-refractivity contribution in [2.24, 2.45) is 5.92 Å². The molecule has 86 valence electrons. The fraction of sp³-hybridized carbons (Fsp3) is 0.375. The van der Waals surface area contributed by atoms with Gasteiger partial charge in [0.1, 0.15) is 0 Å². The molecule has 1 aromatic carbocycles. The quantitative estimate of drug-likeness (QED) is 0.628. The van der Waals surface area contributed by atoms with Gasteiger partial charge >= 0.3 is 0 Å². The average molecular weight is 214 g/mol. The summed E-state index contributed by atoms with van der Waals surface area (Å²) in [7, 11) is 0. The minimum Gasteiger partial charge on any atom is -0.0911 e. The summed E-state index contributed by atoms with van der Waals surface area (Å²) in [5, 5.41) is 0. The molecule has 1 aromatic rings. The van der Waals surface area contributed by atoms with Crippen LogP contribution < -0.4 is 0 Å². The van der Waals surface area contributed by atoms with E-state index in [1.807, 2.05) is 0 Å². The summed E-state index contributed by atoms with van der Waals surface area (Å²) in [6.07, 6.45) is 7.76. The topological polar surface area (TPSA) is 0 Å². The van der Waals surface area contributed by atoms with E-state index < -0.39 is 0 Å². The maximum Gasteiger partial charge on any atom is -0.00761 e. The third kappa shape index (κ3) is 3.37. The first kappa shape index (κ1) is 12.8. The van der Waals surface area contributed by atoms with E-state index in [0.717, 1.165) is 6.42 Å². The number of aryl methyl sites for hydroxylation is 1. The zero-order valence-corrected chi connectivity index (χ0v) is 10.8. The van der Waals surface area contributed by atoms with Crippen LogP contribution in [0.5, 0.6) is 0 Å². The van der Waals surface area contributed by atoms with Crippen molar-refractivity contribution in [3.8, 4) is 0 Å². The Kier molecular flexibility index (Phi) is 5.04. The highest BCUT2D eigenvalue weighted by atomic mass is 14.1. The van der Waals surface area contributed by atoms with Crippen molar-refractivity contribution in [3.05, 3.63) is 53.6 Å². The second-order valence-corrected chi connectivity index (χ2v) is 4.25. The maximum atomic E-state index is 2.33. The molecule has 1 rings (SSSR count). The Bertz CT molecular complexity index is 383. The van der Waals surface area contributed by atoms with Gasteiger partial charge in [0.25, 0.3) is 0 Å². The highest BCUT2D eigenvalue weighted by molar-refractivity contribution is 5.67. The lowest BCUT2D eigenvalue weighted by Crippen LogP contribution is -1.91. The third-order valence-corrected chi connectivity index (χ3v) is 2.83. The Morgan fingerprint density at radius 2 is 2.00 bits per heavy atom. The summed E-state index contributed by atoms with van der Waals surface area (Å²) in [6, 6.07) is 8.66. The summed E-state index contributed by atoms with van der Waals surface area (Å²) in [6.45, 7) is 8.70. The molecule has 1 atom stereocenters. The van der Waals surface area contributed by atoms with E-state index in [4.69, 9.17) is 0 Å². The van der Waals surface area contributed by atoms with Crippen molar-refractivity contribution >= 4 is 5.57 Å². The maximum absolute atomic E-state index is 2.33. The molecule has 0 spiro atoms. The lowest BCUT2D eigenvalue weighted by atomic mass is 9.96. The number of hydrogen-bond acceptors (Lipinski definition) is 0. The van der Waals surface area contributed by atoms with Gasteiger partial charge < -0.3 is 0 Å². The first-order valence-corrected chi connectivity index (χ1v) is 6.08. The molecule has 0 amide bonds. The lowest BCUT2D eigenvalue weighted by Gasteiger charge is -2.09. The molecule has 0 aliphatic rings. The highest BCUT2D eigenvalue weighted by Crippen LogP contribution is 2.21. The minimum atomic E-state index is 0.509. The molecule has 0 heteroatoms. The fourth-order valence-corrected chi connectivity index (χ4v) is 2.06. The molecule has 0 radical (unpaired) electrons. The number of rotatable bonds is 4. The zero-order valence-electron chi connectivity index (χ0n) is 10.8. The summed E-state index contributed by atoms with van der Waals surface area (Å²) < 4.78 is 0. The van der Waals surface area contributed by atoms with E-state index in [1.54, 1.807) is 0 Å². The van der Waals surface area contributed by atoms with Gasteiger partial charge in [-0.05, 0) is 42.9 Å². The predicted molar refractivity (Wildman–Crippen MR) is 73.4 cm³/mol. The van der Waals surface area contributed by atoms with Gasteiger partial charge in [-0.15, -0.1) is 0 Å². The number of allylic oxidation sites excluding steroid dienone is 4. The molecule has 0 nitrogen and oxygen atoms in total. The van der Waals surface area contributed by atoms with Crippen LogP contribution in [0, 0.1) is 5.92 Å². The van der Waals surface area contributed by atoms with Crippen LogP contribution in [-0.2, 0) is 6.42 Å². The summed E-state index contributed by atoms with van der Waals surface area (Å²) >= 11 is 0. The molecule has 1 unspecified atom stereocenters. The van der Waals surface area contributed by atoms with Crippen LogP contribution in [0.25, 0.3) is 5.57 Å². The van der Waals surface area contributed by atoms with Crippen molar-refractivity contribution in [3.63, 3.8) is 0 Å². The van der Waals surface area contributed by atoms with E-state index in [-0.39, 0.29) is 0 Å². The van der Waals surface area contributed by atoms with Crippen LogP contribution in [0.2, 0.25) is 0 Å². The first-order valence-electron chi connectivity index (χ1n) is 6.08. The van der Waals surface area contributed by atoms with Gasteiger partial charge in [0.15, 0.2) is 0 Å². The molecule has 0 N–H and O–H groups in total. The Balaban J connectivity index is 2.99. The van der Waals surface area contributed by atoms with Crippen molar-refractivity contribution in [1.29, 1.82) is 0 Å². The van der Waals surface area contributed by atoms with Crippen LogP contribution in [0.15, 0.2) is 42.5 Å². The van der Waals surface area contributed by atoms with Crippen LogP contribution in [0.4, 0.5) is 0 Å². The molecule has 0 saturated heterocycles. The van der Waals surface area contributed by atoms with Crippen LogP contribution in [0.1, 0.15) is 38.8 Å². The Labute approximate surface area is 99.7 Å². The molecule has 0 aliphatic carbocycles. The second-order valence-electron chi connectivity index (χ2n) is 4.25. The van der Waals surface area contributed by atoms with Crippen molar-refractivity contribution in [2.75, 3.05) is 0 Å². The van der Waals surface area contributed by atoms with Gasteiger partial charge in [-0.3, -0.25) is 0 Å². The summed E-state index contributed by atoms with van der Waals surface area (Å²) in [5.41, 5.74) is 4.20. The minimum absolute atomic E-state index is 0.509. The Morgan fingerprint density at radius 3 is 2.62 bits per heavy atom. The van der Waals surface area contributed by atoms with Gasteiger partial charge in [-0.1, -0.05) is 56.3 Å². The Morgan fingerprint density at radius 1 is 1.31 bits per heavy atom. The standard InChI is InChI=1S/C16H22/c1-5-9-13(3)12-14(4)16-11-8-7-10-15(16)6-2/h5,7-13H,6H2,1-4H3/b9-5-,14-12-. The lowest BCUT2D eigenvalue weighted by molar-refractivity contribution is 0.937. The molecule has 16 heavy (non-hydrogen) atoms. The number of benzene rings is 1. The van der Waals surface area contributed by atoms with E-state index in [0.29, 0.717) is 5.92 Å². The molecule has 0 aromatic heterocycles. The van der Waals surface area contributed by atoms with Gasteiger partial charge in [0.2, 0.25) is 0 Å². The van der Waals surface area contributed by atoms with Gasteiger partial charge in [0, 0.05) is 0 Å². The second kappa shape index (κ2) is 6.32. The third-order valence-electron chi connectivity index (χ3n) is 2.83. The monoisotopic (exact) mass is 214 g/mol. The number of hydrogen-bond donors (Lipinski definition) is 0. The summed E-state index contributed by atoms with van der Waals surface area (Å²) in [5.74, 6) is 0.509. The average Bonchev–Trinajstić information content (AvgIpc) is 2.29. The van der Waals surface area contributed by atoms with Gasteiger partial charge in [-0.25, -0.2) is 0 Å². The molecular weight excluding hydrogens is 192 g/mol. The predicted octanol–water partition coefficient (Wildman–Crippen LogP) is 4.86. The molecule has 0 bridgehead atoms. The molecule has 0 fully saturated rings. The van der Waals surface area contributed by atoms with Crippen molar-refractivity contribution < 1.29 is 0 Å². The largest absolute Gasteiger partial charge is 0.0911 e. The summed E-state index contributed by atoms with van der Waals surface area (Å²) in [4.78, 5) is 0. The van der Waals surface area contributed by atoms with E-state index in [9.17, 15) is 0 Å². The molecule has 0 heterocycles. The fourth-order valence-electron chi connectivity index (χ4n) is 2.06. The van der Waals surface area contributed by atoms with E-state index >= 15 is 0 Å². The van der Waals surface area contributed by atoms with Crippen LogP contribution >= 0.6 is 0 Å². The van der Waals surface area contributed by atoms with Crippen LogP contribution in [-0.4, -0.2) is 0 Å². The Hall–Kier alpha value is -1.30. The molecule has 0 aliphatic heterocycles. The van der Waals surface area contributed by atoms with Gasteiger partial charge in [0.05, 0.1) is 0 Å². The zero-order chi connectivity index (χ0) is 12.0. The van der Waals surface area contributed by atoms with Crippen molar-refractivity contribution in [1.82, 2.24) is 0 Å². The molecular formula is C16H22. The first-order chi connectivity index (χ1) is 7.69.